The number of carbonyl (C=O) groups is 1. The molecule has 0 radical (unpaired) electrons. The van der Waals surface area contributed by atoms with Gasteiger partial charge in [0.2, 0.25) is 0 Å². The van der Waals surface area contributed by atoms with E-state index in [1.54, 1.807) is 6.92 Å². The Balaban J connectivity index is 2.01. The summed E-state index contributed by atoms with van der Waals surface area (Å²) < 4.78 is 0. The van der Waals surface area contributed by atoms with Crippen molar-refractivity contribution in [2.24, 2.45) is 23.2 Å². The highest BCUT2D eigenvalue weighted by molar-refractivity contribution is 5.88. The summed E-state index contributed by atoms with van der Waals surface area (Å²) in [6.07, 6.45) is 3.98. The first kappa shape index (κ1) is 7.98. The van der Waals surface area contributed by atoms with Gasteiger partial charge in [0, 0.05) is 6.04 Å². The van der Waals surface area contributed by atoms with Crippen molar-refractivity contribution < 1.29 is 4.79 Å². The highest BCUT2D eigenvalue weighted by Gasteiger charge is 2.77. The minimum absolute atomic E-state index is 0.0949. The largest absolute Gasteiger partial charge is 0.316 e. The molecule has 4 aliphatic rings. The van der Waals surface area contributed by atoms with Gasteiger partial charge in [-0.1, -0.05) is 0 Å². The number of Topliss-reactive ketones (excluding diaryl/α,β-unsaturated/α-hetero) is 1. The van der Waals surface area contributed by atoms with Gasteiger partial charge in [0.05, 0.1) is 5.41 Å². The van der Waals surface area contributed by atoms with Crippen molar-refractivity contribution in [2.45, 2.75) is 32.2 Å². The fourth-order valence-electron chi connectivity index (χ4n) is 4.57. The van der Waals surface area contributed by atoms with E-state index in [2.05, 4.69) is 5.32 Å². The van der Waals surface area contributed by atoms with Gasteiger partial charge in [-0.15, -0.1) is 0 Å². The van der Waals surface area contributed by atoms with Gasteiger partial charge in [0.25, 0.3) is 0 Å². The molecule has 0 aromatic rings. The van der Waals surface area contributed by atoms with Crippen LogP contribution in [0.25, 0.3) is 0 Å². The zero-order valence-electron chi connectivity index (χ0n) is 8.34. The Morgan fingerprint density at radius 3 is 2.62 bits per heavy atom. The lowest BCUT2D eigenvalue weighted by molar-refractivity contribution is -0.124. The minimum Gasteiger partial charge on any atom is -0.316 e. The van der Waals surface area contributed by atoms with E-state index in [1.165, 1.54) is 19.3 Å². The molecule has 4 rings (SSSR count). The van der Waals surface area contributed by atoms with Gasteiger partial charge in [0.1, 0.15) is 5.78 Å². The van der Waals surface area contributed by atoms with Crippen LogP contribution in [0.2, 0.25) is 0 Å². The molecule has 4 aliphatic carbocycles. The molecule has 0 aromatic heterocycles. The van der Waals surface area contributed by atoms with Crippen LogP contribution in [0.15, 0.2) is 0 Å². The Morgan fingerprint density at radius 1 is 1.38 bits per heavy atom. The number of ketones is 1. The third-order valence-electron chi connectivity index (χ3n) is 4.92. The van der Waals surface area contributed by atoms with E-state index in [9.17, 15) is 4.79 Å². The zero-order chi connectivity index (χ0) is 9.22. The minimum atomic E-state index is 0.0949. The average Bonchev–Trinajstić information content (AvgIpc) is 2.71. The van der Waals surface area contributed by atoms with E-state index in [0.717, 1.165) is 17.8 Å². The van der Waals surface area contributed by atoms with Crippen LogP contribution in [-0.2, 0) is 4.79 Å². The van der Waals surface area contributed by atoms with Crippen LogP contribution in [-0.4, -0.2) is 18.9 Å². The van der Waals surface area contributed by atoms with E-state index < -0.39 is 0 Å². The lowest BCUT2D eigenvalue weighted by Gasteiger charge is -2.34. The van der Waals surface area contributed by atoms with Gasteiger partial charge in [-0.2, -0.15) is 0 Å². The van der Waals surface area contributed by atoms with Gasteiger partial charge in [-0.25, -0.2) is 0 Å². The van der Waals surface area contributed by atoms with Crippen LogP contribution in [0, 0.1) is 23.2 Å². The van der Waals surface area contributed by atoms with Gasteiger partial charge < -0.3 is 5.32 Å². The van der Waals surface area contributed by atoms with Crippen molar-refractivity contribution in [1.82, 2.24) is 5.32 Å². The summed E-state index contributed by atoms with van der Waals surface area (Å²) in [6.45, 7) is 1.80. The summed E-state index contributed by atoms with van der Waals surface area (Å²) in [5, 5.41) is 3.39. The molecule has 0 spiro atoms. The first-order chi connectivity index (χ1) is 6.22. The van der Waals surface area contributed by atoms with Crippen molar-refractivity contribution in [3.63, 3.8) is 0 Å². The Hall–Kier alpha value is -0.370. The topological polar surface area (TPSA) is 29.1 Å². The molecule has 4 fully saturated rings. The highest BCUT2D eigenvalue weighted by Crippen LogP contribution is 2.75. The molecule has 13 heavy (non-hydrogen) atoms. The van der Waals surface area contributed by atoms with Crippen LogP contribution < -0.4 is 5.32 Å². The van der Waals surface area contributed by atoms with E-state index in [1.807, 2.05) is 7.05 Å². The Kier molecular flexibility index (Phi) is 1.33. The maximum absolute atomic E-state index is 11.7. The summed E-state index contributed by atoms with van der Waals surface area (Å²) >= 11 is 0. The number of nitrogens with one attached hydrogen (secondary N) is 1. The molecular weight excluding hydrogens is 162 g/mol. The standard InChI is InChI=1S/C11H17NO/c1-6(13)11-8-4-3-7(5-9(8)11)10(11)12-2/h7-10,12H,3-5H2,1-2H3/t7?,8?,9?,10-,11-/m0/s1. The van der Waals surface area contributed by atoms with Gasteiger partial charge in [-0.3, -0.25) is 4.79 Å². The second-order valence-corrected chi connectivity index (χ2v) is 5.04. The van der Waals surface area contributed by atoms with E-state index in [4.69, 9.17) is 0 Å². The molecule has 4 bridgehead atoms. The van der Waals surface area contributed by atoms with Crippen LogP contribution in [0.3, 0.4) is 0 Å². The summed E-state index contributed by atoms with van der Waals surface area (Å²) in [7, 11) is 2.02. The molecule has 1 N–H and O–H groups in total. The quantitative estimate of drug-likeness (QED) is 0.690. The Morgan fingerprint density at radius 2 is 2.15 bits per heavy atom. The fraction of sp³-hybridized carbons (Fsp3) is 0.909. The molecule has 0 aromatic carbocycles. The number of rotatable bonds is 2. The monoisotopic (exact) mass is 179 g/mol. The molecule has 72 valence electrons. The van der Waals surface area contributed by atoms with E-state index in [0.29, 0.717) is 11.8 Å². The fourth-order valence-corrected chi connectivity index (χ4v) is 4.57. The molecule has 4 saturated carbocycles. The first-order valence-electron chi connectivity index (χ1n) is 5.41. The summed E-state index contributed by atoms with van der Waals surface area (Å²) in [5.74, 6) is 2.74. The van der Waals surface area contributed by atoms with Crippen molar-refractivity contribution in [3.8, 4) is 0 Å². The normalized spacial score (nSPS) is 56.5. The van der Waals surface area contributed by atoms with Gasteiger partial charge in [0.15, 0.2) is 0 Å². The molecule has 0 aliphatic heterocycles. The third-order valence-corrected chi connectivity index (χ3v) is 4.92. The second-order valence-electron chi connectivity index (χ2n) is 5.04. The first-order valence-corrected chi connectivity index (χ1v) is 5.41. The van der Waals surface area contributed by atoms with Gasteiger partial charge >= 0.3 is 0 Å². The molecule has 0 amide bonds. The molecule has 0 saturated heterocycles. The Bertz CT molecular complexity index is 269. The number of hydrogen-bond acceptors (Lipinski definition) is 2. The van der Waals surface area contributed by atoms with E-state index in [-0.39, 0.29) is 5.41 Å². The van der Waals surface area contributed by atoms with Crippen LogP contribution in [0.5, 0.6) is 0 Å². The molecular formula is C11H17NO. The maximum Gasteiger partial charge on any atom is 0.138 e. The highest BCUT2D eigenvalue weighted by atomic mass is 16.1. The zero-order valence-corrected chi connectivity index (χ0v) is 8.34. The molecule has 3 unspecified atom stereocenters. The lowest BCUT2D eigenvalue weighted by Crippen LogP contribution is -2.45. The number of hydrogen-bond donors (Lipinski definition) is 1. The SMILES string of the molecule is CN[C@H]1C2CCC3C(C2)[C@]31C(C)=O. The van der Waals surface area contributed by atoms with Crippen molar-refractivity contribution in [3.05, 3.63) is 0 Å². The predicted octanol–water partition coefficient (Wildman–Crippen LogP) is 1.21. The molecule has 2 heteroatoms. The van der Waals surface area contributed by atoms with Gasteiger partial charge in [-0.05, 0) is 51.0 Å². The molecule has 0 heterocycles. The van der Waals surface area contributed by atoms with Crippen molar-refractivity contribution >= 4 is 5.78 Å². The molecule has 2 nitrogen and oxygen atoms in total. The maximum atomic E-state index is 11.7. The third kappa shape index (κ3) is 0.653. The van der Waals surface area contributed by atoms with Crippen LogP contribution in [0.4, 0.5) is 0 Å². The second kappa shape index (κ2) is 2.17. The van der Waals surface area contributed by atoms with Crippen LogP contribution in [0.1, 0.15) is 26.2 Å². The summed E-state index contributed by atoms with van der Waals surface area (Å²) in [5.41, 5.74) is 0.0949. The lowest BCUT2D eigenvalue weighted by atomic mass is 9.76. The van der Waals surface area contributed by atoms with E-state index >= 15 is 0 Å². The van der Waals surface area contributed by atoms with Crippen LogP contribution >= 0.6 is 0 Å². The smallest absolute Gasteiger partial charge is 0.138 e. The Labute approximate surface area is 79.1 Å². The van der Waals surface area contributed by atoms with Crippen molar-refractivity contribution in [2.75, 3.05) is 7.05 Å². The summed E-state index contributed by atoms with van der Waals surface area (Å²) in [6, 6.07) is 0.508. The summed E-state index contributed by atoms with van der Waals surface area (Å²) in [4.78, 5) is 11.7. The average molecular weight is 179 g/mol. The molecule has 5 atom stereocenters. The number of carbonyl (C=O) groups excluding carboxylic acids is 1. The number of fused-ring (bicyclic) bond motifs is 1. The van der Waals surface area contributed by atoms with Crippen molar-refractivity contribution in [1.29, 1.82) is 0 Å². The predicted molar refractivity (Wildman–Crippen MR) is 50.3 cm³/mol.